The maximum absolute atomic E-state index is 12.7. The molecule has 2 unspecified atom stereocenters. The van der Waals surface area contributed by atoms with E-state index in [-0.39, 0.29) is 18.5 Å². The van der Waals surface area contributed by atoms with Gasteiger partial charge >= 0.3 is 0 Å². The number of amides is 1. The van der Waals surface area contributed by atoms with Crippen LogP contribution in [-0.4, -0.2) is 64.4 Å². The molecule has 0 aliphatic carbocycles. The average Bonchev–Trinajstić information content (AvgIpc) is 3.64. The summed E-state index contributed by atoms with van der Waals surface area (Å²) in [5.41, 5.74) is 0. The summed E-state index contributed by atoms with van der Waals surface area (Å²) >= 11 is 1.44. The summed E-state index contributed by atoms with van der Waals surface area (Å²) in [4.78, 5) is 18.3. The Morgan fingerprint density at radius 1 is 1.22 bits per heavy atom. The summed E-state index contributed by atoms with van der Waals surface area (Å²) in [7, 11) is 0. The lowest BCUT2D eigenvalue weighted by atomic mass is 9.95. The maximum Gasteiger partial charge on any atom is 0.244 e. The molecule has 0 aromatic carbocycles. The van der Waals surface area contributed by atoms with Crippen LogP contribution in [-0.2, 0) is 11.3 Å². The van der Waals surface area contributed by atoms with Gasteiger partial charge in [-0.1, -0.05) is 13.8 Å². The van der Waals surface area contributed by atoms with Gasteiger partial charge in [-0.2, -0.15) is 10.1 Å². The molecular formula is C24H32N10OS. The molecule has 2 bridgehead atoms. The number of rotatable bonds is 9. The van der Waals surface area contributed by atoms with Crippen molar-refractivity contribution in [3.63, 3.8) is 0 Å². The Hall–Kier alpha value is -3.17. The van der Waals surface area contributed by atoms with Gasteiger partial charge in [0.15, 0.2) is 6.33 Å². The number of fused-ring (bicyclic) bond motifs is 2. The number of nitrogens with zero attached hydrogens (tertiary/aromatic N) is 9. The van der Waals surface area contributed by atoms with Crippen molar-refractivity contribution in [3.05, 3.63) is 39.9 Å². The third-order valence-electron chi connectivity index (χ3n) is 7.40. The molecule has 2 aliphatic heterocycles. The minimum Gasteiger partial charge on any atom is -0.347 e. The summed E-state index contributed by atoms with van der Waals surface area (Å²) in [6, 6.07) is 7.28. The first kappa shape index (κ1) is 24.5. The molecule has 5 rings (SSSR count). The highest BCUT2D eigenvalue weighted by Gasteiger charge is 2.42. The molecule has 1 amide bonds. The Morgan fingerprint density at radius 3 is 2.64 bits per heavy atom. The minimum absolute atomic E-state index is 0.0140. The number of hydrogen-bond donors (Lipinski definition) is 1. The van der Waals surface area contributed by atoms with E-state index in [0.29, 0.717) is 28.9 Å². The molecule has 0 radical (unpaired) electrons. The molecule has 3 atom stereocenters. The van der Waals surface area contributed by atoms with E-state index in [4.69, 9.17) is 0 Å². The van der Waals surface area contributed by atoms with Crippen LogP contribution in [0.15, 0.2) is 18.5 Å². The minimum atomic E-state index is -0.170. The van der Waals surface area contributed by atoms with Crippen molar-refractivity contribution in [2.24, 2.45) is 0 Å². The summed E-state index contributed by atoms with van der Waals surface area (Å²) in [5, 5.41) is 32.7. The van der Waals surface area contributed by atoms with E-state index in [1.54, 1.807) is 0 Å². The molecule has 12 heteroatoms. The number of nitrogens with one attached hydrogen (secondary N) is 1. The van der Waals surface area contributed by atoms with E-state index in [0.717, 1.165) is 42.3 Å². The number of carbonyl (C=O) groups excluding carboxylic acids is 1. The van der Waals surface area contributed by atoms with E-state index >= 15 is 0 Å². The Morgan fingerprint density at radius 2 is 2.00 bits per heavy atom. The van der Waals surface area contributed by atoms with E-state index in [1.807, 2.05) is 12.1 Å². The normalized spacial score (nSPS) is 22.6. The van der Waals surface area contributed by atoms with Gasteiger partial charge in [-0.25, -0.2) is 0 Å². The Labute approximate surface area is 214 Å². The van der Waals surface area contributed by atoms with Crippen LogP contribution in [0.4, 0.5) is 0 Å². The standard InChI is InChI=1S/C24H32N10OS/c1-15(2)24-30-29-16(3)34(24)19-10-17-4-5-18(11-19)32(17)9-8-21(22-7-6-20(12-25)36-22)28-23(35)13-33-27-14-26-31-33/h6-7,14-15,17-19,21H,4-5,8-11,13H2,1-3H3,(H,28,35)/t17?,18?,19?,21-/m0/s1. The molecule has 3 aromatic rings. The van der Waals surface area contributed by atoms with Gasteiger partial charge in [0, 0.05) is 35.5 Å². The Bertz CT molecular complexity index is 1210. The van der Waals surface area contributed by atoms with E-state index in [9.17, 15) is 10.1 Å². The molecular weight excluding hydrogens is 476 g/mol. The molecule has 36 heavy (non-hydrogen) atoms. The second kappa shape index (κ2) is 10.4. The van der Waals surface area contributed by atoms with Crippen LogP contribution >= 0.6 is 11.3 Å². The average molecular weight is 509 g/mol. The SMILES string of the molecule is Cc1nnc(C(C)C)n1C1CC2CCC(C1)N2CC[C@H](NC(=O)Cn1ncnn1)c1ccc(C#N)s1. The molecule has 3 aromatic heterocycles. The lowest BCUT2D eigenvalue weighted by molar-refractivity contribution is -0.122. The van der Waals surface area contributed by atoms with Crippen molar-refractivity contribution in [3.8, 4) is 6.07 Å². The first-order chi connectivity index (χ1) is 17.4. The van der Waals surface area contributed by atoms with Crippen LogP contribution in [0.25, 0.3) is 0 Å². The topological polar surface area (TPSA) is 130 Å². The van der Waals surface area contributed by atoms with E-state index < -0.39 is 0 Å². The molecule has 2 saturated heterocycles. The number of nitriles is 1. The molecule has 2 fully saturated rings. The van der Waals surface area contributed by atoms with Crippen LogP contribution < -0.4 is 5.32 Å². The van der Waals surface area contributed by atoms with Crippen molar-refractivity contribution in [1.29, 1.82) is 5.26 Å². The van der Waals surface area contributed by atoms with Crippen LogP contribution in [0.5, 0.6) is 0 Å². The zero-order valence-corrected chi connectivity index (χ0v) is 21.7. The molecule has 0 saturated carbocycles. The van der Waals surface area contributed by atoms with Gasteiger partial charge < -0.3 is 9.88 Å². The zero-order chi connectivity index (χ0) is 25.2. The highest BCUT2D eigenvalue weighted by molar-refractivity contribution is 7.12. The van der Waals surface area contributed by atoms with Crippen LogP contribution in [0.2, 0.25) is 0 Å². The second-order valence-corrected chi connectivity index (χ2v) is 11.2. The number of tetrazole rings is 1. The number of piperidine rings is 1. The fourth-order valence-electron chi connectivity index (χ4n) is 5.85. The Kier molecular flexibility index (Phi) is 7.11. The maximum atomic E-state index is 12.7. The molecule has 190 valence electrons. The van der Waals surface area contributed by atoms with Gasteiger partial charge in [0.2, 0.25) is 5.91 Å². The third-order valence-corrected chi connectivity index (χ3v) is 8.51. The van der Waals surface area contributed by atoms with Gasteiger partial charge in [0.1, 0.15) is 29.1 Å². The summed E-state index contributed by atoms with van der Waals surface area (Å²) < 4.78 is 2.38. The van der Waals surface area contributed by atoms with Gasteiger partial charge in [0.05, 0.1) is 6.04 Å². The number of thiophene rings is 1. The largest absolute Gasteiger partial charge is 0.347 e. The van der Waals surface area contributed by atoms with Crippen molar-refractivity contribution in [1.82, 2.24) is 45.2 Å². The number of carbonyl (C=O) groups is 1. The lowest BCUT2D eigenvalue weighted by Crippen LogP contribution is -2.45. The number of hydrogen-bond acceptors (Lipinski definition) is 9. The molecule has 11 nitrogen and oxygen atoms in total. The van der Waals surface area contributed by atoms with Crippen molar-refractivity contribution < 1.29 is 4.79 Å². The molecule has 0 spiro atoms. The Balaban J connectivity index is 1.26. The number of aromatic nitrogens is 7. The van der Waals surface area contributed by atoms with Crippen molar-refractivity contribution >= 4 is 17.2 Å². The zero-order valence-electron chi connectivity index (χ0n) is 20.9. The van der Waals surface area contributed by atoms with Gasteiger partial charge in [-0.15, -0.1) is 31.7 Å². The molecule has 1 N–H and O–H groups in total. The smallest absolute Gasteiger partial charge is 0.244 e. The summed E-state index contributed by atoms with van der Waals surface area (Å²) in [5.74, 6) is 2.27. The van der Waals surface area contributed by atoms with Crippen LogP contribution in [0.1, 0.15) is 85.4 Å². The third kappa shape index (κ3) is 5.03. The van der Waals surface area contributed by atoms with E-state index in [1.165, 1.54) is 35.3 Å². The monoisotopic (exact) mass is 508 g/mol. The predicted octanol–water partition coefficient (Wildman–Crippen LogP) is 2.75. The first-order valence-corrected chi connectivity index (χ1v) is 13.4. The summed E-state index contributed by atoms with van der Waals surface area (Å²) in [6.45, 7) is 7.33. The molecule has 5 heterocycles. The quantitative estimate of drug-likeness (QED) is 0.467. The first-order valence-electron chi connectivity index (χ1n) is 12.6. The van der Waals surface area contributed by atoms with Crippen LogP contribution in [0, 0.1) is 18.3 Å². The van der Waals surface area contributed by atoms with Gasteiger partial charge in [-0.3, -0.25) is 9.69 Å². The van der Waals surface area contributed by atoms with E-state index in [2.05, 4.69) is 67.2 Å². The lowest BCUT2D eigenvalue weighted by Gasteiger charge is -2.40. The van der Waals surface area contributed by atoms with Gasteiger partial charge in [0.25, 0.3) is 0 Å². The molecule has 2 aliphatic rings. The summed E-state index contributed by atoms with van der Waals surface area (Å²) in [6.07, 6.45) is 6.69. The fraction of sp³-hybridized carbons (Fsp3) is 0.625. The van der Waals surface area contributed by atoms with Crippen molar-refractivity contribution in [2.45, 2.75) is 89.5 Å². The number of aryl methyl sites for hydroxylation is 1. The van der Waals surface area contributed by atoms with Gasteiger partial charge in [-0.05, 0) is 56.4 Å². The van der Waals surface area contributed by atoms with Crippen LogP contribution in [0.3, 0.4) is 0 Å². The second-order valence-electron chi connectivity index (χ2n) is 10.1. The fourth-order valence-corrected chi connectivity index (χ4v) is 6.74. The highest BCUT2D eigenvalue weighted by Crippen LogP contribution is 2.42. The highest BCUT2D eigenvalue weighted by atomic mass is 32.1. The predicted molar refractivity (Wildman–Crippen MR) is 133 cm³/mol. The van der Waals surface area contributed by atoms with Crippen molar-refractivity contribution in [2.75, 3.05) is 6.54 Å².